The fraction of sp³-hybridized carbons (Fsp3) is 0.700. The first-order valence-electron chi connectivity index (χ1n) is 9.42. The smallest absolute Gasteiger partial charge is 0.123 e. The quantitative estimate of drug-likeness (QED) is 0.850. The Morgan fingerprint density at radius 1 is 1.04 bits per heavy atom. The van der Waals surface area contributed by atoms with Gasteiger partial charge in [-0.25, -0.2) is 0 Å². The van der Waals surface area contributed by atoms with Crippen molar-refractivity contribution in [1.82, 2.24) is 9.80 Å². The van der Waals surface area contributed by atoms with Crippen molar-refractivity contribution in [3.63, 3.8) is 0 Å². The standard InChI is InChI=1S/C20H32N2O3/c1-15-8-21(9-16(2)25-15)11-18-12-22(13-19(18)14-23)10-17-6-4-5-7-20(17)24-3/h4-7,15-16,18-19,23H,8-14H2,1-3H3/t15-,16+,18-,19-/m1/s1. The highest BCUT2D eigenvalue weighted by Crippen LogP contribution is 2.28. The number of hydrogen-bond donors (Lipinski definition) is 1. The molecule has 1 aromatic carbocycles. The van der Waals surface area contributed by atoms with Gasteiger partial charge in [-0.15, -0.1) is 0 Å². The molecule has 2 aliphatic rings. The number of methoxy groups -OCH3 is 1. The molecule has 2 heterocycles. The molecule has 0 saturated carbocycles. The number of aliphatic hydroxyl groups is 1. The van der Waals surface area contributed by atoms with Crippen LogP contribution in [0.4, 0.5) is 0 Å². The van der Waals surface area contributed by atoms with Gasteiger partial charge in [0.2, 0.25) is 0 Å². The first-order valence-corrected chi connectivity index (χ1v) is 9.42. The maximum absolute atomic E-state index is 9.86. The van der Waals surface area contributed by atoms with Crippen LogP contribution < -0.4 is 4.74 Å². The van der Waals surface area contributed by atoms with Crippen molar-refractivity contribution in [3.05, 3.63) is 29.8 Å². The van der Waals surface area contributed by atoms with Crippen molar-refractivity contribution in [2.45, 2.75) is 32.6 Å². The molecule has 0 spiro atoms. The molecule has 0 aliphatic carbocycles. The van der Waals surface area contributed by atoms with Gasteiger partial charge < -0.3 is 14.6 Å². The summed E-state index contributed by atoms with van der Waals surface area (Å²) in [5.74, 6) is 1.81. The van der Waals surface area contributed by atoms with Crippen LogP contribution in [0.15, 0.2) is 24.3 Å². The molecule has 5 heteroatoms. The molecule has 140 valence electrons. The number of morpholine rings is 1. The number of aliphatic hydroxyl groups excluding tert-OH is 1. The Morgan fingerprint density at radius 2 is 1.72 bits per heavy atom. The summed E-state index contributed by atoms with van der Waals surface area (Å²) < 4.78 is 11.3. The van der Waals surface area contributed by atoms with E-state index in [4.69, 9.17) is 9.47 Å². The van der Waals surface area contributed by atoms with E-state index < -0.39 is 0 Å². The van der Waals surface area contributed by atoms with Gasteiger partial charge in [0.05, 0.1) is 19.3 Å². The molecule has 0 aromatic heterocycles. The molecule has 2 aliphatic heterocycles. The maximum atomic E-state index is 9.86. The van der Waals surface area contributed by atoms with Gasteiger partial charge in [-0.05, 0) is 31.7 Å². The Morgan fingerprint density at radius 3 is 2.40 bits per heavy atom. The molecule has 25 heavy (non-hydrogen) atoms. The maximum Gasteiger partial charge on any atom is 0.123 e. The summed E-state index contributed by atoms with van der Waals surface area (Å²) in [5, 5.41) is 9.86. The van der Waals surface area contributed by atoms with Gasteiger partial charge in [0.15, 0.2) is 0 Å². The van der Waals surface area contributed by atoms with Crippen molar-refractivity contribution in [2.75, 3.05) is 46.4 Å². The van der Waals surface area contributed by atoms with E-state index in [0.29, 0.717) is 24.0 Å². The molecule has 0 bridgehead atoms. The van der Waals surface area contributed by atoms with Gasteiger partial charge in [0.25, 0.3) is 0 Å². The zero-order valence-corrected chi connectivity index (χ0v) is 15.7. The molecule has 5 nitrogen and oxygen atoms in total. The van der Waals surface area contributed by atoms with Gasteiger partial charge in [-0.2, -0.15) is 0 Å². The number of hydrogen-bond acceptors (Lipinski definition) is 5. The molecule has 4 atom stereocenters. The molecule has 0 radical (unpaired) electrons. The van der Waals surface area contributed by atoms with Crippen LogP contribution in [-0.2, 0) is 11.3 Å². The van der Waals surface area contributed by atoms with E-state index in [1.807, 2.05) is 12.1 Å². The van der Waals surface area contributed by atoms with E-state index >= 15 is 0 Å². The molecule has 2 saturated heterocycles. The van der Waals surface area contributed by atoms with Crippen LogP contribution in [0.25, 0.3) is 0 Å². The molecule has 2 fully saturated rings. The van der Waals surface area contributed by atoms with E-state index in [-0.39, 0.29) is 6.61 Å². The fourth-order valence-corrected chi connectivity index (χ4v) is 4.42. The lowest BCUT2D eigenvalue weighted by Gasteiger charge is -2.37. The third kappa shape index (κ3) is 4.73. The SMILES string of the molecule is COc1ccccc1CN1C[C@H](CO)[C@H](CN2C[C@@H](C)O[C@@H](C)C2)C1. The van der Waals surface area contributed by atoms with Gasteiger partial charge in [-0.3, -0.25) is 9.80 Å². The number of nitrogens with zero attached hydrogens (tertiary/aromatic N) is 2. The normalized spacial score (nSPS) is 31.4. The van der Waals surface area contributed by atoms with Crippen molar-refractivity contribution in [3.8, 4) is 5.75 Å². The van der Waals surface area contributed by atoms with Crippen LogP contribution in [0.2, 0.25) is 0 Å². The van der Waals surface area contributed by atoms with Crippen molar-refractivity contribution in [2.24, 2.45) is 11.8 Å². The van der Waals surface area contributed by atoms with E-state index in [1.165, 1.54) is 5.56 Å². The Hall–Kier alpha value is -1.14. The van der Waals surface area contributed by atoms with Crippen LogP contribution in [0, 0.1) is 11.8 Å². The average molecular weight is 348 g/mol. The minimum absolute atomic E-state index is 0.266. The van der Waals surface area contributed by atoms with Gasteiger partial charge in [-0.1, -0.05) is 18.2 Å². The summed E-state index contributed by atoms with van der Waals surface area (Å²) in [5.41, 5.74) is 1.22. The molecular formula is C20H32N2O3. The summed E-state index contributed by atoms with van der Waals surface area (Å²) in [6, 6.07) is 8.21. The Labute approximate surface area is 151 Å². The van der Waals surface area contributed by atoms with E-state index in [1.54, 1.807) is 7.11 Å². The third-order valence-corrected chi connectivity index (χ3v) is 5.46. The highest BCUT2D eigenvalue weighted by molar-refractivity contribution is 5.33. The van der Waals surface area contributed by atoms with Crippen molar-refractivity contribution < 1.29 is 14.6 Å². The highest BCUT2D eigenvalue weighted by atomic mass is 16.5. The minimum Gasteiger partial charge on any atom is -0.496 e. The van der Waals surface area contributed by atoms with E-state index in [2.05, 4.69) is 35.8 Å². The number of benzene rings is 1. The fourth-order valence-electron chi connectivity index (χ4n) is 4.42. The van der Waals surface area contributed by atoms with Gasteiger partial charge in [0.1, 0.15) is 5.75 Å². The van der Waals surface area contributed by atoms with Gasteiger partial charge >= 0.3 is 0 Å². The second-order valence-corrected chi connectivity index (χ2v) is 7.68. The van der Waals surface area contributed by atoms with Crippen LogP contribution >= 0.6 is 0 Å². The van der Waals surface area contributed by atoms with Crippen LogP contribution in [-0.4, -0.2) is 73.6 Å². The summed E-state index contributed by atoms with van der Waals surface area (Å²) >= 11 is 0. The number of ether oxygens (including phenoxy) is 2. The second kappa shape index (κ2) is 8.49. The highest BCUT2D eigenvalue weighted by Gasteiger charge is 2.35. The summed E-state index contributed by atoms with van der Waals surface area (Å²) in [6.07, 6.45) is 0.588. The number of rotatable bonds is 6. The molecule has 1 aromatic rings. The Balaban J connectivity index is 1.60. The predicted octanol–water partition coefficient (Wildman–Crippen LogP) is 1.84. The van der Waals surface area contributed by atoms with E-state index in [9.17, 15) is 5.11 Å². The number of para-hydroxylation sites is 1. The van der Waals surface area contributed by atoms with Crippen molar-refractivity contribution in [1.29, 1.82) is 0 Å². The summed E-state index contributed by atoms with van der Waals surface area (Å²) in [4.78, 5) is 4.97. The molecule has 0 amide bonds. The lowest BCUT2D eigenvalue weighted by molar-refractivity contribution is -0.0727. The molecule has 0 unspecified atom stereocenters. The third-order valence-electron chi connectivity index (χ3n) is 5.46. The summed E-state index contributed by atoms with van der Waals surface area (Å²) in [6.45, 7) is 10.5. The Kier molecular flexibility index (Phi) is 6.34. The van der Waals surface area contributed by atoms with Gasteiger partial charge in [0, 0.05) is 51.4 Å². The monoisotopic (exact) mass is 348 g/mol. The predicted molar refractivity (Wildman–Crippen MR) is 98.8 cm³/mol. The van der Waals surface area contributed by atoms with Crippen LogP contribution in [0.5, 0.6) is 5.75 Å². The molecule has 1 N–H and O–H groups in total. The zero-order valence-electron chi connectivity index (χ0n) is 15.7. The largest absolute Gasteiger partial charge is 0.496 e. The number of likely N-dealkylation sites (tertiary alicyclic amines) is 1. The lowest BCUT2D eigenvalue weighted by atomic mass is 9.96. The molecule has 3 rings (SSSR count). The first kappa shape index (κ1) is 18.6. The van der Waals surface area contributed by atoms with Crippen LogP contribution in [0.1, 0.15) is 19.4 Å². The minimum atomic E-state index is 0.266. The Bertz CT molecular complexity index is 543. The van der Waals surface area contributed by atoms with E-state index in [0.717, 1.165) is 45.0 Å². The lowest BCUT2D eigenvalue weighted by Crippen LogP contribution is -2.48. The second-order valence-electron chi connectivity index (χ2n) is 7.68. The average Bonchev–Trinajstić information content (AvgIpc) is 2.95. The molecular weight excluding hydrogens is 316 g/mol. The summed E-state index contributed by atoms with van der Waals surface area (Å²) in [7, 11) is 1.73. The zero-order chi connectivity index (χ0) is 17.8. The first-order chi connectivity index (χ1) is 12.1. The van der Waals surface area contributed by atoms with Crippen LogP contribution in [0.3, 0.4) is 0 Å². The topological polar surface area (TPSA) is 45.2 Å². The van der Waals surface area contributed by atoms with Crippen molar-refractivity contribution >= 4 is 0 Å².